The van der Waals surface area contributed by atoms with Crippen molar-refractivity contribution in [1.29, 1.82) is 0 Å². The first-order chi connectivity index (χ1) is 7.80. The van der Waals surface area contributed by atoms with Gasteiger partial charge in [0.1, 0.15) is 0 Å². The number of halogens is 3. The zero-order valence-electron chi connectivity index (χ0n) is 9.37. The van der Waals surface area contributed by atoms with Crippen molar-refractivity contribution in [3.63, 3.8) is 0 Å². The van der Waals surface area contributed by atoms with E-state index in [0.717, 1.165) is 10.0 Å². The van der Waals surface area contributed by atoms with Crippen LogP contribution in [-0.2, 0) is 10.0 Å². The molecule has 0 fully saturated rings. The molecule has 0 bridgehead atoms. The lowest BCUT2D eigenvalue weighted by Gasteiger charge is -2.17. The Kier molecular flexibility index (Phi) is 5.65. The third kappa shape index (κ3) is 3.53. The zero-order valence-corrected chi connectivity index (χ0v) is 14.9. The Morgan fingerprint density at radius 2 is 1.82 bits per heavy atom. The van der Waals surface area contributed by atoms with Crippen molar-refractivity contribution < 1.29 is 8.42 Å². The van der Waals surface area contributed by atoms with E-state index in [1.807, 2.05) is 6.92 Å². The van der Waals surface area contributed by atoms with Crippen molar-refractivity contribution in [1.82, 2.24) is 4.31 Å². The summed E-state index contributed by atoms with van der Waals surface area (Å²) in [6.07, 6.45) is 0. The molecular weight excluding hydrogens is 438 g/mol. The van der Waals surface area contributed by atoms with Crippen LogP contribution in [0.25, 0.3) is 0 Å². The molecule has 17 heavy (non-hydrogen) atoms. The van der Waals surface area contributed by atoms with E-state index in [2.05, 4.69) is 47.8 Å². The molecule has 96 valence electrons. The number of rotatable bonds is 4. The zero-order chi connectivity index (χ0) is 13.2. The molecule has 0 aromatic heterocycles. The van der Waals surface area contributed by atoms with Gasteiger partial charge < -0.3 is 0 Å². The summed E-state index contributed by atoms with van der Waals surface area (Å²) in [5.74, 6) is 0. The molecule has 0 amide bonds. The molecule has 0 unspecified atom stereocenters. The fraction of sp³-hybridized carbons (Fsp3) is 0.400. The van der Waals surface area contributed by atoms with Gasteiger partial charge in [-0.1, -0.05) is 31.9 Å². The van der Waals surface area contributed by atoms with Crippen molar-refractivity contribution in [3.05, 3.63) is 26.6 Å². The van der Waals surface area contributed by atoms with Gasteiger partial charge in [-0.15, -0.1) is 0 Å². The van der Waals surface area contributed by atoms with Crippen LogP contribution in [0.1, 0.15) is 5.56 Å². The van der Waals surface area contributed by atoms with Crippen LogP contribution in [-0.4, -0.2) is 31.6 Å². The van der Waals surface area contributed by atoms with E-state index in [4.69, 9.17) is 0 Å². The van der Waals surface area contributed by atoms with E-state index < -0.39 is 10.0 Å². The number of benzene rings is 1. The van der Waals surface area contributed by atoms with Crippen molar-refractivity contribution in [2.45, 2.75) is 11.8 Å². The summed E-state index contributed by atoms with van der Waals surface area (Å²) in [5, 5.41) is 0.605. The standard InChI is InChI=1S/C10H12Br3NO2S/c1-7-5-9(13)10(6-8(7)12)17(15,16)14(2)4-3-11/h5-6H,3-4H2,1-2H3. The van der Waals surface area contributed by atoms with Gasteiger partial charge in [-0.05, 0) is 40.5 Å². The third-order valence-electron chi connectivity index (χ3n) is 2.30. The Morgan fingerprint density at radius 3 is 2.35 bits per heavy atom. The largest absolute Gasteiger partial charge is 0.244 e. The van der Waals surface area contributed by atoms with Gasteiger partial charge in [0.05, 0.1) is 4.90 Å². The molecule has 0 aliphatic rings. The highest BCUT2D eigenvalue weighted by Gasteiger charge is 2.23. The van der Waals surface area contributed by atoms with E-state index in [0.29, 0.717) is 16.3 Å². The normalized spacial score (nSPS) is 12.1. The topological polar surface area (TPSA) is 37.4 Å². The summed E-state index contributed by atoms with van der Waals surface area (Å²) in [4.78, 5) is 0.276. The van der Waals surface area contributed by atoms with Crippen LogP contribution in [0, 0.1) is 6.92 Å². The summed E-state index contributed by atoms with van der Waals surface area (Å²) in [7, 11) is -1.88. The molecule has 0 atom stereocenters. The predicted molar refractivity (Wildman–Crippen MR) is 80.2 cm³/mol. The summed E-state index contributed by atoms with van der Waals surface area (Å²) in [5.41, 5.74) is 0.985. The van der Waals surface area contributed by atoms with E-state index in [9.17, 15) is 8.42 Å². The minimum absolute atomic E-state index is 0.276. The summed E-state index contributed by atoms with van der Waals surface area (Å²) >= 11 is 9.88. The third-order valence-corrected chi connectivity index (χ3v) is 6.33. The maximum absolute atomic E-state index is 12.3. The van der Waals surface area contributed by atoms with Gasteiger partial charge >= 0.3 is 0 Å². The number of nitrogens with zero attached hydrogens (tertiary/aromatic N) is 1. The summed E-state index contributed by atoms with van der Waals surface area (Å²) < 4.78 is 27.2. The van der Waals surface area contributed by atoms with E-state index in [1.165, 1.54) is 4.31 Å². The van der Waals surface area contributed by atoms with Gasteiger partial charge in [0.25, 0.3) is 0 Å². The van der Waals surface area contributed by atoms with Crippen LogP contribution in [0.5, 0.6) is 0 Å². The quantitative estimate of drug-likeness (QED) is 0.659. The molecule has 1 aromatic carbocycles. The SMILES string of the molecule is Cc1cc(Br)c(S(=O)(=O)N(C)CCBr)cc1Br. The van der Waals surface area contributed by atoms with Crippen LogP contribution >= 0.6 is 47.8 Å². The second-order valence-electron chi connectivity index (χ2n) is 3.55. The molecule has 0 aliphatic heterocycles. The van der Waals surface area contributed by atoms with Gasteiger partial charge in [-0.2, -0.15) is 0 Å². The molecule has 0 saturated carbocycles. The summed E-state index contributed by atoms with van der Waals surface area (Å²) in [6.45, 7) is 2.34. The van der Waals surface area contributed by atoms with E-state index in [1.54, 1.807) is 19.2 Å². The fourth-order valence-corrected chi connectivity index (χ4v) is 4.81. The monoisotopic (exact) mass is 447 g/mol. The van der Waals surface area contributed by atoms with E-state index >= 15 is 0 Å². The molecule has 0 aliphatic carbocycles. The van der Waals surface area contributed by atoms with Crippen molar-refractivity contribution in [3.8, 4) is 0 Å². The molecule has 0 N–H and O–H groups in total. The number of alkyl halides is 1. The maximum Gasteiger partial charge on any atom is 0.244 e. The first kappa shape index (κ1) is 15.6. The highest BCUT2D eigenvalue weighted by Crippen LogP contribution is 2.30. The second kappa shape index (κ2) is 6.14. The van der Waals surface area contributed by atoms with Crippen LogP contribution in [0.4, 0.5) is 0 Å². The smallest absolute Gasteiger partial charge is 0.207 e. The molecule has 7 heteroatoms. The molecule has 3 nitrogen and oxygen atoms in total. The van der Waals surface area contributed by atoms with Gasteiger partial charge in [0.2, 0.25) is 10.0 Å². The highest BCUT2D eigenvalue weighted by molar-refractivity contribution is 9.11. The lowest BCUT2D eigenvalue weighted by atomic mass is 10.2. The Morgan fingerprint density at radius 1 is 1.24 bits per heavy atom. The minimum Gasteiger partial charge on any atom is -0.207 e. The first-order valence-corrected chi connectivity index (χ1v) is 8.93. The van der Waals surface area contributed by atoms with Gasteiger partial charge in [0, 0.05) is 27.9 Å². The van der Waals surface area contributed by atoms with Crippen LogP contribution in [0.15, 0.2) is 26.0 Å². The lowest BCUT2D eigenvalue weighted by Crippen LogP contribution is -2.29. The minimum atomic E-state index is -3.44. The average molecular weight is 450 g/mol. The number of hydrogen-bond donors (Lipinski definition) is 0. The first-order valence-electron chi connectivity index (χ1n) is 4.78. The Hall–Kier alpha value is 0.570. The fourth-order valence-electron chi connectivity index (χ4n) is 1.23. The Balaban J connectivity index is 3.29. The van der Waals surface area contributed by atoms with E-state index in [-0.39, 0.29) is 4.90 Å². The van der Waals surface area contributed by atoms with Crippen molar-refractivity contribution in [2.75, 3.05) is 18.9 Å². The van der Waals surface area contributed by atoms with Crippen LogP contribution in [0.2, 0.25) is 0 Å². The molecule has 0 saturated heterocycles. The average Bonchev–Trinajstić information content (AvgIpc) is 2.23. The number of aryl methyl sites for hydroxylation is 1. The molecule has 0 spiro atoms. The second-order valence-corrected chi connectivity index (χ2v) is 8.06. The molecular formula is C10H12Br3NO2S. The molecule has 0 radical (unpaired) electrons. The van der Waals surface area contributed by atoms with Crippen molar-refractivity contribution in [2.24, 2.45) is 0 Å². The molecule has 1 aromatic rings. The summed E-state index contributed by atoms with van der Waals surface area (Å²) in [6, 6.07) is 3.42. The van der Waals surface area contributed by atoms with Crippen molar-refractivity contribution >= 4 is 57.8 Å². The van der Waals surface area contributed by atoms with Gasteiger partial charge in [0.15, 0.2) is 0 Å². The Labute approximate surface area is 127 Å². The predicted octanol–water partition coefficient (Wildman–Crippen LogP) is 3.54. The Bertz CT molecular complexity index is 517. The van der Waals surface area contributed by atoms with Gasteiger partial charge in [-0.3, -0.25) is 0 Å². The van der Waals surface area contributed by atoms with Crippen LogP contribution < -0.4 is 0 Å². The maximum atomic E-state index is 12.3. The highest BCUT2D eigenvalue weighted by atomic mass is 79.9. The molecule has 1 rings (SSSR count). The number of sulfonamides is 1. The lowest BCUT2D eigenvalue weighted by molar-refractivity contribution is 0.489. The van der Waals surface area contributed by atoms with Gasteiger partial charge in [-0.25, -0.2) is 12.7 Å². The molecule has 0 heterocycles. The number of hydrogen-bond acceptors (Lipinski definition) is 2. The van der Waals surface area contributed by atoms with Crippen LogP contribution in [0.3, 0.4) is 0 Å².